The first-order chi connectivity index (χ1) is 15.6. The van der Waals surface area contributed by atoms with Gasteiger partial charge in [-0.3, -0.25) is 9.59 Å². The number of rotatable bonds is 9. The van der Waals surface area contributed by atoms with Gasteiger partial charge >= 0.3 is 0 Å². The van der Waals surface area contributed by atoms with Gasteiger partial charge in [-0.25, -0.2) is 0 Å². The average molecular weight is 437 g/mol. The summed E-state index contributed by atoms with van der Waals surface area (Å²) >= 11 is 0. The predicted octanol–water partition coefficient (Wildman–Crippen LogP) is 3.64. The summed E-state index contributed by atoms with van der Waals surface area (Å²) in [6, 6.07) is 11.3. The van der Waals surface area contributed by atoms with Gasteiger partial charge in [-0.05, 0) is 47.6 Å². The molecule has 1 saturated heterocycles. The van der Waals surface area contributed by atoms with Crippen LogP contribution in [0.5, 0.6) is 11.5 Å². The highest BCUT2D eigenvalue weighted by molar-refractivity contribution is 6.04. The molecule has 4 atom stereocenters. The van der Waals surface area contributed by atoms with Crippen LogP contribution < -0.4 is 9.47 Å². The Bertz CT molecular complexity index is 1030. The topological polar surface area (TPSA) is 82.1 Å². The third-order valence-electron chi connectivity index (χ3n) is 7.00. The molecule has 2 unspecified atom stereocenters. The van der Waals surface area contributed by atoms with E-state index in [4.69, 9.17) is 19.3 Å². The molecule has 168 valence electrons. The fraction of sp³-hybridized carbons (Fsp3) is 0.462. The second-order valence-corrected chi connectivity index (χ2v) is 8.88. The molecule has 0 radical (unpaired) electrons. The molecule has 2 heterocycles. The highest BCUT2D eigenvalue weighted by atomic mass is 16.5. The summed E-state index contributed by atoms with van der Waals surface area (Å²) < 4.78 is 17.0. The summed E-state index contributed by atoms with van der Waals surface area (Å²) in [4.78, 5) is 25.9. The Morgan fingerprint density at radius 3 is 2.66 bits per heavy atom. The number of fused-ring (bicyclic) bond motifs is 2. The smallest absolute Gasteiger partial charge is 0.166 e. The first-order valence-electron chi connectivity index (χ1n) is 11.4. The molecule has 6 heteroatoms. The fourth-order valence-electron chi connectivity index (χ4n) is 5.14. The van der Waals surface area contributed by atoms with E-state index in [0.29, 0.717) is 59.8 Å². The number of carbonyl (C=O) groups excluding carboxylic acids is 2. The Morgan fingerprint density at radius 2 is 1.91 bits per heavy atom. The quantitative estimate of drug-likeness (QED) is 0.605. The lowest BCUT2D eigenvalue weighted by Gasteiger charge is -2.14. The van der Waals surface area contributed by atoms with Gasteiger partial charge in [0.25, 0.3) is 0 Å². The van der Waals surface area contributed by atoms with E-state index in [1.807, 2.05) is 37.3 Å². The van der Waals surface area contributed by atoms with Gasteiger partial charge in [0.05, 0.1) is 32.0 Å². The normalized spacial score (nSPS) is 25.1. The number of carbonyl (C=O) groups is 2. The van der Waals surface area contributed by atoms with Crippen molar-refractivity contribution < 1.29 is 28.9 Å². The number of Topliss-reactive ketones (excluding diaryl/α,β-unsaturated/α-hetero) is 2. The molecular formula is C26H28O6. The Balaban J connectivity index is 1.46. The first kappa shape index (κ1) is 21.2. The standard InChI is InChI=1S/C26H28O6/c1-2-24(28)20-10-16(25(29)11-18-22-12-30-13-23(18)22)9-19-21(14-32-26(19)20)15-4-3-5-17(8-15)31-7-6-27/h3-5,8-10,18,21-23,27H,2,6-7,11-14H2,1H3/t18?,21?,22-,23+. The average Bonchev–Trinajstić information content (AvgIpc) is 3.18. The van der Waals surface area contributed by atoms with Crippen LogP contribution in [0.25, 0.3) is 0 Å². The summed E-state index contributed by atoms with van der Waals surface area (Å²) in [5, 5.41) is 9.03. The maximum Gasteiger partial charge on any atom is 0.166 e. The van der Waals surface area contributed by atoms with E-state index in [9.17, 15) is 9.59 Å². The Kier molecular flexibility index (Phi) is 5.74. The van der Waals surface area contributed by atoms with Gasteiger partial charge in [0.2, 0.25) is 0 Å². The van der Waals surface area contributed by atoms with Crippen LogP contribution in [-0.4, -0.2) is 49.7 Å². The zero-order chi connectivity index (χ0) is 22.2. The number of hydrogen-bond acceptors (Lipinski definition) is 6. The van der Waals surface area contributed by atoms with Crippen molar-refractivity contribution in [3.05, 3.63) is 58.7 Å². The number of ketones is 2. The minimum Gasteiger partial charge on any atom is -0.492 e. The number of benzene rings is 2. The van der Waals surface area contributed by atoms with Crippen molar-refractivity contribution in [3.8, 4) is 11.5 Å². The van der Waals surface area contributed by atoms with Crippen molar-refractivity contribution in [1.29, 1.82) is 0 Å². The number of aliphatic hydroxyl groups is 1. The second kappa shape index (κ2) is 8.68. The van der Waals surface area contributed by atoms with Crippen LogP contribution in [0.1, 0.15) is 57.5 Å². The molecule has 0 spiro atoms. The monoisotopic (exact) mass is 436 g/mol. The van der Waals surface area contributed by atoms with E-state index in [-0.39, 0.29) is 30.7 Å². The van der Waals surface area contributed by atoms with Crippen LogP contribution in [0.3, 0.4) is 0 Å². The minimum atomic E-state index is -0.0902. The van der Waals surface area contributed by atoms with Gasteiger partial charge in [-0.1, -0.05) is 19.1 Å². The maximum absolute atomic E-state index is 13.2. The van der Waals surface area contributed by atoms with Crippen molar-refractivity contribution in [1.82, 2.24) is 0 Å². The molecule has 1 saturated carbocycles. The molecule has 32 heavy (non-hydrogen) atoms. The lowest BCUT2D eigenvalue weighted by Crippen LogP contribution is -2.09. The molecule has 3 aliphatic rings. The molecular weight excluding hydrogens is 408 g/mol. The zero-order valence-corrected chi connectivity index (χ0v) is 18.2. The molecule has 1 N–H and O–H groups in total. The summed E-state index contributed by atoms with van der Waals surface area (Å²) in [5.74, 6) is 2.68. The lowest BCUT2D eigenvalue weighted by atomic mass is 9.88. The van der Waals surface area contributed by atoms with E-state index < -0.39 is 0 Å². The molecule has 2 aliphatic heterocycles. The van der Waals surface area contributed by atoms with Crippen LogP contribution in [0.15, 0.2) is 36.4 Å². The van der Waals surface area contributed by atoms with Gasteiger partial charge in [0.15, 0.2) is 11.6 Å². The van der Waals surface area contributed by atoms with E-state index >= 15 is 0 Å². The lowest BCUT2D eigenvalue weighted by molar-refractivity contribution is 0.0950. The van der Waals surface area contributed by atoms with Crippen molar-refractivity contribution in [2.45, 2.75) is 25.7 Å². The maximum atomic E-state index is 13.2. The Hall–Kier alpha value is -2.70. The highest BCUT2D eigenvalue weighted by Crippen LogP contribution is 2.53. The van der Waals surface area contributed by atoms with E-state index in [1.165, 1.54) is 0 Å². The molecule has 0 amide bonds. The molecule has 0 bridgehead atoms. The van der Waals surface area contributed by atoms with Crippen molar-refractivity contribution in [3.63, 3.8) is 0 Å². The van der Waals surface area contributed by atoms with Crippen LogP contribution >= 0.6 is 0 Å². The number of aliphatic hydroxyl groups excluding tert-OH is 1. The summed E-state index contributed by atoms with van der Waals surface area (Å²) in [7, 11) is 0. The third kappa shape index (κ3) is 3.82. The summed E-state index contributed by atoms with van der Waals surface area (Å²) in [6.07, 6.45) is 0.861. The molecule has 2 aromatic rings. The largest absolute Gasteiger partial charge is 0.492 e. The van der Waals surface area contributed by atoms with Crippen molar-refractivity contribution in [2.75, 3.05) is 33.0 Å². The third-order valence-corrected chi connectivity index (χ3v) is 7.00. The summed E-state index contributed by atoms with van der Waals surface area (Å²) in [6.45, 7) is 3.92. The number of ether oxygens (including phenoxy) is 3. The van der Waals surface area contributed by atoms with E-state index in [2.05, 4.69) is 0 Å². The molecule has 2 fully saturated rings. The van der Waals surface area contributed by atoms with Crippen molar-refractivity contribution >= 4 is 11.6 Å². The van der Waals surface area contributed by atoms with Crippen LogP contribution in [0.4, 0.5) is 0 Å². The second-order valence-electron chi connectivity index (χ2n) is 8.88. The van der Waals surface area contributed by atoms with Gasteiger partial charge < -0.3 is 19.3 Å². The first-order valence-corrected chi connectivity index (χ1v) is 11.4. The molecule has 5 rings (SSSR count). The predicted molar refractivity (Wildman–Crippen MR) is 118 cm³/mol. The fourth-order valence-corrected chi connectivity index (χ4v) is 5.14. The highest BCUT2D eigenvalue weighted by Gasteiger charge is 2.54. The zero-order valence-electron chi connectivity index (χ0n) is 18.2. The molecule has 1 aliphatic carbocycles. The van der Waals surface area contributed by atoms with Gasteiger partial charge in [0.1, 0.15) is 18.1 Å². The van der Waals surface area contributed by atoms with Gasteiger partial charge in [0, 0.05) is 29.9 Å². The van der Waals surface area contributed by atoms with Crippen molar-refractivity contribution in [2.24, 2.45) is 17.8 Å². The van der Waals surface area contributed by atoms with Gasteiger partial charge in [-0.15, -0.1) is 0 Å². The van der Waals surface area contributed by atoms with Crippen LogP contribution in [0.2, 0.25) is 0 Å². The minimum absolute atomic E-state index is 0.0201. The molecule has 6 nitrogen and oxygen atoms in total. The van der Waals surface area contributed by atoms with Crippen LogP contribution in [-0.2, 0) is 4.74 Å². The summed E-state index contributed by atoms with van der Waals surface area (Å²) in [5.41, 5.74) is 2.97. The van der Waals surface area contributed by atoms with Crippen LogP contribution in [0, 0.1) is 17.8 Å². The molecule has 2 aromatic carbocycles. The Labute approximate surface area is 187 Å². The van der Waals surface area contributed by atoms with Gasteiger partial charge in [-0.2, -0.15) is 0 Å². The molecule has 0 aromatic heterocycles. The van der Waals surface area contributed by atoms with E-state index in [1.54, 1.807) is 6.07 Å². The number of hydrogen-bond donors (Lipinski definition) is 1. The SMILES string of the molecule is CCC(=O)c1cc(C(=O)CC2[C@H]3COC[C@@H]23)cc2c1OCC2c1cccc(OCCO)c1. The van der Waals surface area contributed by atoms with E-state index in [0.717, 1.165) is 24.3 Å². The Morgan fingerprint density at radius 1 is 1.09 bits per heavy atom.